The molecule has 0 aliphatic carbocycles. The van der Waals surface area contributed by atoms with Crippen LogP contribution in [0.1, 0.15) is 29.7 Å². The van der Waals surface area contributed by atoms with Gasteiger partial charge in [-0.15, -0.1) is 0 Å². The predicted octanol–water partition coefficient (Wildman–Crippen LogP) is 3.60. The smallest absolute Gasteiger partial charge is 0.129 e. The maximum Gasteiger partial charge on any atom is 0.129 e. The van der Waals surface area contributed by atoms with Crippen LogP contribution in [0.4, 0.5) is 0 Å². The molecule has 4 nitrogen and oxygen atoms in total. The van der Waals surface area contributed by atoms with Crippen molar-refractivity contribution in [3.05, 3.63) is 53.3 Å². The molecule has 4 heteroatoms. The quantitative estimate of drug-likeness (QED) is 0.816. The van der Waals surface area contributed by atoms with Crippen molar-refractivity contribution in [3.63, 3.8) is 0 Å². The van der Waals surface area contributed by atoms with Crippen molar-refractivity contribution >= 4 is 0 Å². The first kappa shape index (κ1) is 16.3. The Hall–Kier alpha value is -2.07. The Kier molecular flexibility index (Phi) is 5.39. The number of rotatable bonds is 6. The molecule has 1 aromatic heterocycles. The highest BCUT2D eigenvalue weighted by molar-refractivity contribution is 5.49. The third-order valence-corrected chi connectivity index (χ3v) is 4.13. The van der Waals surface area contributed by atoms with Crippen LogP contribution in [0.15, 0.2) is 36.7 Å². The number of hydrogen-bond acceptors (Lipinski definition) is 4. The number of benzene rings is 1. The SMILES string of the molecule is COc1ccc(CN(C)C(C)c2ccncc2)c(OC)c1C. The first-order valence-electron chi connectivity index (χ1n) is 7.39. The fourth-order valence-electron chi connectivity index (χ4n) is 2.66. The summed E-state index contributed by atoms with van der Waals surface area (Å²) in [6.07, 6.45) is 3.66. The van der Waals surface area contributed by atoms with Crippen LogP contribution in [0.5, 0.6) is 11.5 Å². The predicted molar refractivity (Wildman–Crippen MR) is 88.4 cm³/mol. The number of ether oxygens (including phenoxy) is 2. The molecule has 0 aliphatic heterocycles. The molecule has 1 heterocycles. The molecule has 22 heavy (non-hydrogen) atoms. The zero-order valence-electron chi connectivity index (χ0n) is 14.0. The van der Waals surface area contributed by atoms with Crippen molar-refractivity contribution in [2.75, 3.05) is 21.3 Å². The van der Waals surface area contributed by atoms with E-state index < -0.39 is 0 Å². The fourth-order valence-corrected chi connectivity index (χ4v) is 2.66. The molecule has 1 aromatic carbocycles. The lowest BCUT2D eigenvalue weighted by Crippen LogP contribution is -2.22. The molecule has 1 atom stereocenters. The van der Waals surface area contributed by atoms with Crippen LogP contribution in [-0.4, -0.2) is 31.2 Å². The molecule has 0 saturated carbocycles. The highest BCUT2D eigenvalue weighted by atomic mass is 16.5. The number of pyridine rings is 1. The highest BCUT2D eigenvalue weighted by Gasteiger charge is 2.16. The first-order chi connectivity index (χ1) is 10.6. The van der Waals surface area contributed by atoms with Gasteiger partial charge in [0.15, 0.2) is 0 Å². The second kappa shape index (κ2) is 7.27. The summed E-state index contributed by atoms with van der Waals surface area (Å²) < 4.78 is 11.0. The van der Waals surface area contributed by atoms with Crippen molar-refractivity contribution in [1.29, 1.82) is 0 Å². The van der Waals surface area contributed by atoms with Crippen LogP contribution >= 0.6 is 0 Å². The highest BCUT2D eigenvalue weighted by Crippen LogP contribution is 2.33. The average Bonchev–Trinajstić information content (AvgIpc) is 2.55. The molecule has 0 spiro atoms. The van der Waals surface area contributed by atoms with Gasteiger partial charge < -0.3 is 9.47 Å². The molecular weight excluding hydrogens is 276 g/mol. The average molecular weight is 300 g/mol. The second-order valence-corrected chi connectivity index (χ2v) is 5.46. The second-order valence-electron chi connectivity index (χ2n) is 5.46. The maximum atomic E-state index is 5.59. The van der Waals surface area contributed by atoms with E-state index in [9.17, 15) is 0 Å². The molecule has 0 amide bonds. The van der Waals surface area contributed by atoms with E-state index in [-0.39, 0.29) is 0 Å². The monoisotopic (exact) mass is 300 g/mol. The molecule has 0 aliphatic rings. The summed E-state index contributed by atoms with van der Waals surface area (Å²) in [6, 6.07) is 8.48. The van der Waals surface area contributed by atoms with Crippen LogP contribution < -0.4 is 9.47 Å². The normalized spacial score (nSPS) is 12.3. The minimum absolute atomic E-state index is 0.301. The van der Waals surface area contributed by atoms with E-state index in [0.717, 1.165) is 29.2 Å². The molecular formula is C18H24N2O2. The zero-order valence-corrected chi connectivity index (χ0v) is 14.0. The van der Waals surface area contributed by atoms with Gasteiger partial charge >= 0.3 is 0 Å². The Morgan fingerprint density at radius 3 is 2.36 bits per heavy atom. The fraction of sp³-hybridized carbons (Fsp3) is 0.389. The Labute approximate surface area is 132 Å². The number of aromatic nitrogens is 1. The summed E-state index contributed by atoms with van der Waals surface area (Å²) in [4.78, 5) is 6.37. The van der Waals surface area contributed by atoms with Crippen molar-refractivity contribution in [1.82, 2.24) is 9.88 Å². The number of hydrogen-bond donors (Lipinski definition) is 0. The van der Waals surface area contributed by atoms with Gasteiger partial charge in [0.2, 0.25) is 0 Å². The first-order valence-corrected chi connectivity index (χ1v) is 7.39. The van der Waals surface area contributed by atoms with Gasteiger partial charge in [0.1, 0.15) is 11.5 Å². The van der Waals surface area contributed by atoms with Crippen molar-refractivity contribution in [3.8, 4) is 11.5 Å². The van der Waals surface area contributed by atoms with Crippen LogP contribution in [-0.2, 0) is 6.54 Å². The molecule has 2 rings (SSSR count). The zero-order chi connectivity index (χ0) is 16.1. The molecule has 1 unspecified atom stereocenters. The third-order valence-electron chi connectivity index (χ3n) is 4.13. The van der Waals surface area contributed by atoms with Gasteiger partial charge in [-0.2, -0.15) is 0 Å². The molecule has 118 valence electrons. The van der Waals surface area contributed by atoms with Crippen LogP contribution in [0.3, 0.4) is 0 Å². The van der Waals surface area contributed by atoms with E-state index in [1.807, 2.05) is 25.4 Å². The van der Waals surface area contributed by atoms with E-state index in [2.05, 4.69) is 42.1 Å². The lowest BCUT2D eigenvalue weighted by Gasteiger charge is -2.26. The van der Waals surface area contributed by atoms with E-state index in [0.29, 0.717) is 6.04 Å². The summed E-state index contributed by atoms with van der Waals surface area (Å²) in [5.74, 6) is 1.75. The number of methoxy groups -OCH3 is 2. The van der Waals surface area contributed by atoms with E-state index in [4.69, 9.17) is 9.47 Å². The van der Waals surface area contributed by atoms with Gasteiger partial charge in [0.05, 0.1) is 14.2 Å². The summed E-state index contributed by atoms with van der Waals surface area (Å²) >= 11 is 0. The largest absolute Gasteiger partial charge is 0.496 e. The van der Waals surface area contributed by atoms with Crippen LogP contribution in [0.25, 0.3) is 0 Å². The van der Waals surface area contributed by atoms with Gasteiger partial charge in [0, 0.05) is 36.1 Å². The van der Waals surface area contributed by atoms with Gasteiger partial charge in [0.25, 0.3) is 0 Å². The molecule has 2 aromatic rings. The Balaban J connectivity index is 2.21. The number of nitrogens with zero attached hydrogens (tertiary/aromatic N) is 2. The summed E-state index contributed by atoms with van der Waals surface area (Å²) in [5, 5.41) is 0. The van der Waals surface area contributed by atoms with Gasteiger partial charge in [-0.25, -0.2) is 0 Å². The lowest BCUT2D eigenvalue weighted by atomic mass is 10.1. The molecule has 0 bridgehead atoms. The Morgan fingerprint density at radius 1 is 1.09 bits per heavy atom. The summed E-state index contributed by atoms with van der Waals surface area (Å²) in [5.41, 5.74) is 3.44. The Bertz CT molecular complexity index is 614. The molecule has 0 saturated heterocycles. The lowest BCUT2D eigenvalue weighted by molar-refractivity contribution is 0.248. The molecule has 0 radical (unpaired) electrons. The van der Waals surface area contributed by atoms with Gasteiger partial charge in [-0.3, -0.25) is 9.88 Å². The minimum Gasteiger partial charge on any atom is -0.496 e. The summed E-state index contributed by atoms with van der Waals surface area (Å²) in [7, 11) is 5.50. The standard InChI is InChI=1S/C18H24N2O2/c1-13-17(21-4)7-6-16(18(13)22-5)12-20(3)14(2)15-8-10-19-11-9-15/h6-11,14H,12H2,1-5H3. The van der Waals surface area contributed by atoms with Gasteiger partial charge in [-0.05, 0) is 44.7 Å². The Morgan fingerprint density at radius 2 is 1.77 bits per heavy atom. The molecule has 0 N–H and O–H groups in total. The third kappa shape index (κ3) is 3.39. The van der Waals surface area contributed by atoms with Crippen LogP contribution in [0, 0.1) is 6.92 Å². The van der Waals surface area contributed by atoms with Crippen molar-refractivity contribution < 1.29 is 9.47 Å². The van der Waals surface area contributed by atoms with Crippen molar-refractivity contribution in [2.45, 2.75) is 26.4 Å². The van der Waals surface area contributed by atoms with E-state index >= 15 is 0 Å². The minimum atomic E-state index is 0.301. The van der Waals surface area contributed by atoms with Gasteiger partial charge in [-0.1, -0.05) is 6.07 Å². The molecule has 0 fully saturated rings. The van der Waals surface area contributed by atoms with E-state index in [1.54, 1.807) is 14.2 Å². The summed E-state index contributed by atoms with van der Waals surface area (Å²) in [6.45, 7) is 5.02. The topological polar surface area (TPSA) is 34.6 Å². The van der Waals surface area contributed by atoms with Crippen molar-refractivity contribution in [2.24, 2.45) is 0 Å². The maximum absolute atomic E-state index is 5.59. The van der Waals surface area contributed by atoms with E-state index in [1.165, 1.54) is 5.56 Å². The van der Waals surface area contributed by atoms with Crippen LogP contribution in [0.2, 0.25) is 0 Å².